The number of benzene rings is 1. The van der Waals surface area contributed by atoms with Gasteiger partial charge in [0.15, 0.2) is 0 Å². The van der Waals surface area contributed by atoms with E-state index in [1.54, 1.807) is 30.5 Å². The zero-order valence-electron chi connectivity index (χ0n) is 17.9. The number of nitrogens with zero attached hydrogens (tertiary/aromatic N) is 1. The van der Waals surface area contributed by atoms with Gasteiger partial charge in [0.25, 0.3) is 5.91 Å². The van der Waals surface area contributed by atoms with Crippen molar-refractivity contribution in [3.63, 3.8) is 0 Å². The zero-order valence-corrected chi connectivity index (χ0v) is 17.9. The summed E-state index contributed by atoms with van der Waals surface area (Å²) in [5.74, 6) is 0.635. The number of carbonyl (C=O) groups is 2. The second-order valence-corrected chi connectivity index (χ2v) is 7.87. The molecule has 1 aromatic carbocycles. The first kappa shape index (κ1) is 22.6. The number of anilines is 2. The van der Waals surface area contributed by atoms with Crippen LogP contribution in [0.3, 0.4) is 0 Å². The van der Waals surface area contributed by atoms with E-state index < -0.39 is 0 Å². The maximum Gasteiger partial charge on any atom is 0.320 e. The summed E-state index contributed by atoms with van der Waals surface area (Å²) in [6, 6.07) is 8.56. The van der Waals surface area contributed by atoms with Crippen molar-refractivity contribution in [1.29, 1.82) is 0 Å². The van der Waals surface area contributed by atoms with Crippen LogP contribution in [0.2, 0.25) is 0 Å². The number of hydroxylamine groups is 1. The molecule has 1 aromatic heterocycles. The van der Waals surface area contributed by atoms with Crippen molar-refractivity contribution in [2.45, 2.75) is 45.4 Å². The molecule has 31 heavy (non-hydrogen) atoms. The molecule has 0 saturated heterocycles. The summed E-state index contributed by atoms with van der Waals surface area (Å²) in [5.41, 5.74) is 11.3. The van der Waals surface area contributed by atoms with Crippen LogP contribution in [0.25, 0.3) is 0 Å². The summed E-state index contributed by atoms with van der Waals surface area (Å²) < 4.78 is 0. The lowest BCUT2D eigenvalue weighted by atomic mass is 9.98. The lowest BCUT2D eigenvalue weighted by Gasteiger charge is -2.14. The maximum atomic E-state index is 12.7. The second kappa shape index (κ2) is 11.3. The Bertz CT molecular complexity index is 897. The van der Waals surface area contributed by atoms with Gasteiger partial charge in [0, 0.05) is 30.4 Å². The molecule has 8 heteroatoms. The van der Waals surface area contributed by atoms with E-state index in [2.05, 4.69) is 21.1 Å². The highest BCUT2D eigenvalue weighted by molar-refractivity contribution is 5.96. The molecule has 1 heterocycles. The quantitative estimate of drug-likeness (QED) is 0.361. The molecule has 0 atom stereocenters. The molecule has 0 spiro atoms. The van der Waals surface area contributed by atoms with E-state index in [1.807, 2.05) is 13.0 Å². The van der Waals surface area contributed by atoms with E-state index in [1.165, 1.54) is 12.8 Å². The number of carbonyl (C=O) groups excluding carboxylic acids is 2. The van der Waals surface area contributed by atoms with Crippen LogP contribution in [0.5, 0.6) is 0 Å². The third-order valence-electron chi connectivity index (χ3n) is 5.40. The average Bonchev–Trinajstić information content (AvgIpc) is 3.27. The molecular formula is C23H31N5O3. The van der Waals surface area contributed by atoms with Gasteiger partial charge in [-0.1, -0.05) is 25.8 Å². The Morgan fingerprint density at radius 1 is 1.23 bits per heavy atom. The Morgan fingerprint density at radius 2 is 2.03 bits per heavy atom. The highest BCUT2D eigenvalue weighted by Gasteiger charge is 2.18. The number of hydrogen-bond acceptors (Lipinski definition) is 5. The minimum atomic E-state index is -0.313. The summed E-state index contributed by atoms with van der Waals surface area (Å²) in [5, 5.41) is 5.46. The number of nitrogens with one attached hydrogen (secondary N) is 3. The number of pyridine rings is 1. The molecule has 5 N–H and O–H groups in total. The van der Waals surface area contributed by atoms with E-state index in [4.69, 9.17) is 10.6 Å². The van der Waals surface area contributed by atoms with Gasteiger partial charge >= 0.3 is 6.03 Å². The number of nitrogen functional groups attached to an aromatic ring is 1. The SMILES string of the molecule is CCCNC(=O)Nc1cc(Cc2c(N)cccc2C(=O)NOCC2CCCC2)ccn1. The third kappa shape index (κ3) is 6.68. The molecule has 1 aliphatic carbocycles. The molecule has 0 bridgehead atoms. The second-order valence-electron chi connectivity index (χ2n) is 7.87. The predicted octanol–water partition coefficient (Wildman–Crippen LogP) is 3.64. The Hall–Kier alpha value is -3.13. The van der Waals surface area contributed by atoms with E-state index >= 15 is 0 Å². The average molecular weight is 426 g/mol. The van der Waals surface area contributed by atoms with Gasteiger partial charge in [0.05, 0.1) is 6.61 Å². The minimum absolute atomic E-state index is 0.301. The van der Waals surface area contributed by atoms with Crippen LogP contribution in [-0.2, 0) is 11.3 Å². The normalized spacial score (nSPS) is 13.7. The van der Waals surface area contributed by atoms with Crippen LogP contribution in [0.4, 0.5) is 16.3 Å². The van der Waals surface area contributed by atoms with Gasteiger partial charge in [-0.05, 0) is 60.6 Å². The molecule has 166 valence electrons. The summed E-state index contributed by atoms with van der Waals surface area (Å²) in [7, 11) is 0. The number of urea groups is 1. The number of amides is 3. The standard InChI is InChI=1S/C23H31N5O3/c1-2-11-26-23(30)27-21-14-17(10-12-25-21)13-19-18(8-5-9-20(19)24)22(29)28-31-15-16-6-3-4-7-16/h5,8-10,12,14,16H,2-4,6-7,11,13,15,24H2,1H3,(H,28,29)(H2,25,26,27,30). The fourth-order valence-electron chi connectivity index (χ4n) is 3.73. The highest BCUT2D eigenvalue weighted by Crippen LogP contribution is 2.25. The first-order valence-electron chi connectivity index (χ1n) is 10.9. The number of rotatable bonds is 9. The summed E-state index contributed by atoms with van der Waals surface area (Å²) in [6.45, 7) is 3.10. The summed E-state index contributed by atoms with van der Waals surface area (Å²) >= 11 is 0. The van der Waals surface area contributed by atoms with Gasteiger partial charge in [0.1, 0.15) is 5.82 Å². The largest absolute Gasteiger partial charge is 0.398 e. The molecule has 3 amide bonds. The molecule has 1 saturated carbocycles. The topological polar surface area (TPSA) is 118 Å². The minimum Gasteiger partial charge on any atom is -0.398 e. The lowest BCUT2D eigenvalue weighted by molar-refractivity contribution is 0.0171. The Kier molecular flexibility index (Phi) is 8.23. The van der Waals surface area contributed by atoms with Crippen molar-refractivity contribution in [1.82, 2.24) is 15.8 Å². The van der Waals surface area contributed by atoms with Gasteiger partial charge in [-0.15, -0.1) is 0 Å². The highest BCUT2D eigenvalue weighted by atomic mass is 16.6. The van der Waals surface area contributed by atoms with Crippen LogP contribution >= 0.6 is 0 Å². The molecule has 1 fully saturated rings. The summed E-state index contributed by atoms with van der Waals surface area (Å²) in [6.07, 6.45) is 7.64. The first-order chi connectivity index (χ1) is 15.1. The molecule has 0 radical (unpaired) electrons. The molecule has 8 nitrogen and oxygen atoms in total. The van der Waals surface area contributed by atoms with Gasteiger partial charge in [-0.3, -0.25) is 14.9 Å². The zero-order chi connectivity index (χ0) is 22.1. The Balaban J connectivity index is 1.66. The predicted molar refractivity (Wildman–Crippen MR) is 121 cm³/mol. The number of nitrogens with two attached hydrogens (primary N) is 1. The van der Waals surface area contributed by atoms with Crippen molar-refractivity contribution in [2.75, 3.05) is 24.2 Å². The van der Waals surface area contributed by atoms with Crippen LogP contribution in [0, 0.1) is 5.92 Å². The van der Waals surface area contributed by atoms with E-state index in [0.29, 0.717) is 48.1 Å². The molecule has 3 rings (SSSR count). The van der Waals surface area contributed by atoms with Crippen LogP contribution in [-0.4, -0.2) is 30.1 Å². The monoisotopic (exact) mass is 425 g/mol. The first-order valence-corrected chi connectivity index (χ1v) is 10.9. The Labute approximate surface area is 182 Å². The van der Waals surface area contributed by atoms with Crippen molar-refractivity contribution >= 4 is 23.4 Å². The smallest absolute Gasteiger partial charge is 0.320 e. The number of hydrogen-bond donors (Lipinski definition) is 4. The van der Waals surface area contributed by atoms with Crippen molar-refractivity contribution < 1.29 is 14.4 Å². The van der Waals surface area contributed by atoms with E-state index in [0.717, 1.165) is 24.8 Å². The Morgan fingerprint density at radius 3 is 2.81 bits per heavy atom. The molecule has 1 aliphatic rings. The number of aromatic nitrogens is 1. The fourth-order valence-corrected chi connectivity index (χ4v) is 3.73. The van der Waals surface area contributed by atoms with Crippen LogP contribution in [0.1, 0.15) is 60.5 Å². The van der Waals surface area contributed by atoms with Gasteiger partial charge in [0.2, 0.25) is 0 Å². The van der Waals surface area contributed by atoms with E-state index in [-0.39, 0.29) is 11.9 Å². The van der Waals surface area contributed by atoms with E-state index in [9.17, 15) is 9.59 Å². The van der Waals surface area contributed by atoms with Crippen LogP contribution in [0.15, 0.2) is 36.5 Å². The summed E-state index contributed by atoms with van der Waals surface area (Å²) in [4.78, 5) is 34.3. The van der Waals surface area contributed by atoms with Crippen molar-refractivity contribution in [3.05, 3.63) is 53.2 Å². The van der Waals surface area contributed by atoms with Gasteiger partial charge in [-0.2, -0.15) is 0 Å². The van der Waals surface area contributed by atoms with Crippen molar-refractivity contribution in [3.8, 4) is 0 Å². The maximum absolute atomic E-state index is 12.7. The third-order valence-corrected chi connectivity index (χ3v) is 5.40. The molecular weight excluding hydrogens is 394 g/mol. The molecule has 0 aliphatic heterocycles. The van der Waals surface area contributed by atoms with Gasteiger partial charge in [-0.25, -0.2) is 15.3 Å². The van der Waals surface area contributed by atoms with Gasteiger partial charge < -0.3 is 11.1 Å². The van der Waals surface area contributed by atoms with Crippen molar-refractivity contribution in [2.24, 2.45) is 5.92 Å². The lowest BCUT2D eigenvalue weighted by Crippen LogP contribution is -2.29. The fraction of sp³-hybridized carbons (Fsp3) is 0.435. The molecule has 0 unspecified atom stereocenters. The molecule has 2 aromatic rings. The van der Waals surface area contributed by atoms with Crippen LogP contribution < -0.4 is 21.8 Å².